The number of aryl methyl sites for hydroxylation is 2. The number of hydrogen-bond acceptors (Lipinski definition) is 3. The first-order valence-electron chi connectivity index (χ1n) is 6.18. The van der Waals surface area contributed by atoms with Crippen LogP contribution in [-0.2, 0) is 0 Å². The third-order valence-electron chi connectivity index (χ3n) is 3.51. The van der Waals surface area contributed by atoms with Crippen LogP contribution in [0.15, 0.2) is 10.5 Å². The number of nitrogens with two attached hydrogens (primary N) is 1. The predicted octanol–water partition coefficient (Wildman–Crippen LogP) is 1.71. The van der Waals surface area contributed by atoms with E-state index in [4.69, 9.17) is 10.2 Å². The van der Waals surface area contributed by atoms with Gasteiger partial charge in [-0.2, -0.15) is 0 Å². The van der Waals surface area contributed by atoms with Gasteiger partial charge in [-0.25, -0.2) is 0 Å². The van der Waals surface area contributed by atoms with Gasteiger partial charge in [0.15, 0.2) is 0 Å². The van der Waals surface area contributed by atoms with Crippen molar-refractivity contribution in [2.24, 2.45) is 11.7 Å². The quantitative estimate of drug-likeness (QED) is 0.850. The van der Waals surface area contributed by atoms with Crippen LogP contribution < -0.4 is 5.73 Å². The van der Waals surface area contributed by atoms with E-state index in [2.05, 4.69) is 0 Å². The van der Waals surface area contributed by atoms with E-state index in [9.17, 15) is 4.79 Å². The molecule has 0 saturated carbocycles. The molecule has 1 fully saturated rings. The number of furan rings is 1. The molecule has 0 radical (unpaired) electrons. The lowest BCUT2D eigenvalue weighted by molar-refractivity contribution is 0.0691. The van der Waals surface area contributed by atoms with Gasteiger partial charge >= 0.3 is 0 Å². The fourth-order valence-corrected chi connectivity index (χ4v) is 2.39. The summed E-state index contributed by atoms with van der Waals surface area (Å²) in [5.41, 5.74) is 6.35. The summed E-state index contributed by atoms with van der Waals surface area (Å²) in [6.07, 6.45) is 2.02. The van der Waals surface area contributed by atoms with Gasteiger partial charge in [0.1, 0.15) is 11.5 Å². The maximum absolute atomic E-state index is 12.3. The Morgan fingerprint density at radius 1 is 1.47 bits per heavy atom. The average molecular weight is 236 g/mol. The number of amides is 1. The highest BCUT2D eigenvalue weighted by Crippen LogP contribution is 2.21. The van der Waals surface area contributed by atoms with Crippen LogP contribution in [0.2, 0.25) is 0 Å². The van der Waals surface area contributed by atoms with Gasteiger partial charge in [0.25, 0.3) is 5.91 Å². The Bertz CT molecular complexity index is 404. The van der Waals surface area contributed by atoms with E-state index in [-0.39, 0.29) is 5.91 Å². The average Bonchev–Trinajstić information content (AvgIpc) is 2.68. The van der Waals surface area contributed by atoms with Crippen LogP contribution >= 0.6 is 0 Å². The Kier molecular flexibility index (Phi) is 3.52. The van der Waals surface area contributed by atoms with Gasteiger partial charge < -0.3 is 15.1 Å². The third-order valence-corrected chi connectivity index (χ3v) is 3.51. The van der Waals surface area contributed by atoms with Crippen LogP contribution in [0.4, 0.5) is 0 Å². The van der Waals surface area contributed by atoms with Crippen molar-refractivity contribution in [2.45, 2.75) is 26.7 Å². The first-order valence-corrected chi connectivity index (χ1v) is 6.18. The molecule has 1 aromatic heterocycles. The zero-order chi connectivity index (χ0) is 12.4. The van der Waals surface area contributed by atoms with E-state index in [1.54, 1.807) is 0 Å². The number of carbonyl (C=O) groups is 1. The normalized spacial score (nSPS) is 17.5. The highest BCUT2D eigenvalue weighted by molar-refractivity contribution is 5.95. The van der Waals surface area contributed by atoms with Gasteiger partial charge in [0.2, 0.25) is 0 Å². The molecule has 4 heteroatoms. The van der Waals surface area contributed by atoms with Crippen molar-refractivity contribution in [1.82, 2.24) is 4.90 Å². The molecule has 0 spiro atoms. The van der Waals surface area contributed by atoms with Gasteiger partial charge in [-0.05, 0) is 45.2 Å². The zero-order valence-corrected chi connectivity index (χ0v) is 10.5. The molecule has 1 aliphatic rings. The second-order valence-corrected chi connectivity index (χ2v) is 4.80. The van der Waals surface area contributed by atoms with Gasteiger partial charge in [-0.1, -0.05) is 0 Å². The summed E-state index contributed by atoms with van der Waals surface area (Å²) in [7, 11) is 0. The van der Waals surface area contributed by atoms with Crippen LogP contribution in [0, 0.1) is 19.8 Å². The molecule has 0 aromatic carbocycles. The van der Waals surface area contributed by atoms with E-state index in [0.717, 1.165) is 38.2 Å². The Hall–Kier alpha value is -1.29. The Morgan fingerprint density at radius 3 is 2.59 bits per heavy atom. The molecule has 1 aromatic rings. The monoisotopic (exact) mass is 236 g/mol. The molecule has 2 rings (SSSR count). The molecule has 94 valence electrons. The van der Waals surface area contributed by atoms with Crippen molar-refractivity contribution in [1.29, 1.82) is 0 Å². The lowest BCUT2D eigenvalue weighted by atomic mass is 9.96. The van der Waals surface area contributed by atoms with Gasteiger partial charge in [0, 0.05) is 13.1 Å². The van der Waals surface area contributed by atoms with Crippen molar-refractivity contribution in [2.75, 3.05) is 19.6 Å². The summed E-state index contributed by atoms with van der Waals surface area (Å²) < 4.78 is 5.40. The molecule has 1 amide bonds. The minimum absolute atomic E-state index is 0.0924. The molecule has 0 aliphatic carbocycles. The fraction of sp³-hybridized carbons (Fsp3) is 0.615. The summed E-state index contributed by atoms with van der Waals surface area (Å²) in [6.45, 7) is 6.05. The number of piperidine rings is 1. The van der Waals surface area contributed by atoms with E-state index in [1.165, 1.54) is 0 Å². The fourth-order valence-electron chi connectivity index (χ4n) is 2.39. The maximum atomic E-state index is 12.3. The van der Waals surface area contributed by atoms with E-state index in [0.29, 0.717) is 17.2 Å². The molecule has 1 aliphatic heterocycles. The summed E-state index contributed by atoms with van der Waals surface area (Å²) >= 11 is 0. The first kappa shape index (κ1) is 12.2. The standard InChI is InChI=1S/C13H20N2O2/c1-9-7-12(10(2)17-9)13(16)15-5-3-11(8-14)4-6-15/h7,11H,3-6,8,14H2,1-2H3. The maximum Gasteiger partial charge on any atom is 0.257 e. The summed E-state index contributed by atoms with van der Waals surface area (Å²) in [6, 6.07) is 1.83. The number of likely N-dealkylation sites (tertiary alicyclic amines) is 1. The van der Waals surface area contributed by atoms with E-state index < -0.39 is 0 Å². The molecule has 0 unspecified atom stereocenters. The second-order valence-electron chi connectivity index (χ2n) is 4.80. The highest BCUT2D eigenvalue weighted by Gasteiger charge is 2.25. The molecular formula is C13H20N2O2. The molecule has 2 heterocycles. The molecule has 17 heavy (non-hydrogen) atoms. The highest BCUT2D eigenvalue weighted by atomic mass is 16.3. The minimum atomic E-state index is 0.0924. The second kappa shape index (κ2) is 4.92. The minimum Gasteiger partial charge on any atom is -0.466 e. The van der Waals surface area contributed by atoms with E-state index in [1.807, 2.05) is 24.8 Å². The first-order chi connectivity index (χ1) is 8.11. The number of nitrogens with zero attached hydrogens (tertiary/aromatic N) is 1. The Labute approximate surface area is 102 Å². The van der Waals surface area contributed by atoms with Crippen LogP contribution in [0.3, 0.4) is 0 Å². The molecule has 2 N–H and O–H groups in total. The number of carbonyl (C=O) groups excluding carboxylic acids is 1. The predicted molar refractivity (Wildman–Crippen MR) is 65.9 cm³/mol. The Balaban J connectivity index is 2.04. The van der Waals surface area contributed by atoms with E-state index >= 15 is 0 Å². The topological polar surface area (TPSA) is 59.5 Å². The van der Waals surface area contributed by atoms with Crippen LogP contribution in [0.1, 0.15) is 34.7 Å². The Morgan fingerprint density at radius 2 is 2.12 bits per heavy atom. The lowest BCUT2D eigenvalue weighted by Gasteiger charge is -2.31. The van der Waals surface area contributed by atoms with Crippen LogP contribution in [-0.4, -0.2) is 30.4 Å². The molecule has 4 nitrogen and oxygen atoms in total. The summed E-state index contributed by atoms with van der Waals surface area (Å²) in [5, 5.41) is 0. The lowest BCUT2D eigenvalue weighted by Crippen LogP contribution is -2.40. The smallest absolute Gasteiger partial charge is 0.257 e. The van der Waals surface area contributed by atoms with Gasteiger partial charge in [-0.15, -0.1) is 0 Å². The van der Waals surface area contributed by atoms with Crippen molar-refractivity contribution >= 4 is 5.91 Å². The zero-order valence-electron chi connectivity index (χ0n) is 10.5. The summed E-state index contributed by atoms with van der Waals surface area (Å²) in [4.78, 5) is 14.2. The number of rotatable bonds is 2. The van der Waals surface area contributed by atoms with Crippen LogP contribution in [0.25, 0.3) is 0 Å². The van der Waals surface area contributed by atoms with Gasteiger partial charge in [0.05, 0.1) is 5.56 Å². The van der Waals surface area contributed by atoms with Crippen molar-refractivity contribution in [3.05, 3.63) is 23.2 Å². The molecular weight excluding hydrogens is 216 g/mol. The SMILES string of the molecule is Cc1cc(C(=O)N2CCC(CN)CC2)c(C)o1. The number of hydrogen-bond donors (Lipinski definition) is 1. The van der Waals surface area contributed by atoms with Gasteiger partial charge in [-0.3, -0.25) is 4.79 Å². The third kappa shape index (κ3) is 2.52. The summed E-state index contributed by atoms with van der Waals surface area (Å²) in [5.74, 6) is 2.18. The molecule has 0 bridgehead atoms. The largest absolute Gasteiger partial charge is 0.466 e. The molecule has 1 saturated heterocycles. The van der Waals surface area contributed by atoms with Crippen molar-refractivity contribution < 1.29 is 9.21 Å². The van der Waals surface area contributed by atoms with Crippen molar-refractivity contribution in [3.8, 4) is 0 Å². The van der Waals surface area contributed by atoms with Crippen LogP contribution in [0.5, 0.6) is 0 Å². The molecule has 0 atom stereocenters. The van der Waals surface area contributed by atoms with Crippen molar-refractivity contribution in [3.63, 3.8) is 0 Å².